The lowest BCUT2D eigenvalue weighted by Gasteiger charge is -2.28. The molecule has 1 aromatic carbocycles. The summed E-state index contributed by atoms with van der Waals surface area (Å²) in [5.74, 6) is -0.688. The molecule has 1 heterocycles. The monoisotopic (exact) mass is 328 g/mol. The Hall–Kier alpha value is -0.940. The van der Waals surface area contributed by atoms with Crippen LogP contribution in [0.15, 0.2) is 22.7 Å². The van der Waals surface area contributed by atoms with E-state index in [2.05, 4.69) is 21.2 Å². The summed E-state index contributed by atoms with van der Waals surface area (Å²) in [6, 6.07) is 4.79. The first-order valence-corrected chi connectivity index (χ1v) is 7.40. The highest BCUT2D eigenvalue weighted by Gasteiger charge is 2.29. The molecule has 1 aromatic rings. The summed E-state index contributed by atoms with van der Waals surface area (Å²) in [7, 11) is 0. The van der Waals surface area contributed by atoms with Crippen LogP contribution in [-0.4, -0.2) is 36.5 Å². The lowest BCUT2D eigenvalue weighted by atomic mass is 10.1. The molecule has 3 nitrogen and oxygen atoms in total. The molecule has 0 radical (unpaired) electrons. The van der Waals surface area contributed by atoms with Crippen LogP contribution < -0.4 is 5.32 Å². The van der Waals surface area contributed by atoms with E-state index in [-0.39, 0.29) is 17.5 Å². The largest absolute Gasteiger partial charge is 0.334 e. The predicted octanol–water partition coefficient (Wildman–Crippen LogP) is 2.80. The summed E-state index contributed by atoms with van der Waals surface area (Å²) in [6.07, 6.45) is 1.80. The molecule has 19 heavy (non-hydrogen) atoms. The van der Waals surface area contributed by atoms with Gasteiger partial charge >= 0.3 is 0 Å². The minimum Gasteiger partial charge on any atom is -0.334 e. The Kier molecular flexibility index (Phi) is 4.93. The van der Waals surface area contributed by atoms with Gasteiger partial charge in [-0.2, -0.15) is 0 Å². The molecule has 1 fully saturated rings. The number of benzene rings is 1. The number of halogens is 2. The summed E-state index contributed by atoms with van der Waals surface area (Å²) in [4.78, 5) is 14.4. The van der Waals surface area contributed by atoms with Gasteiger partial charge in [-0.25, -0.2) is 4.39 Å². The van der Waals surface area contributed by atoms with Crippen LogP contribution in [0.5, 0.6) is 0 Å². The highest BCUT2D eigenvalue weighted by Crippen LogP contribution is 2.23. The van der Waals surface area contributed by atoms with Crippen LogP contribution in [-0.2, 0) is 0 Å². The van der Waals surface area contributed by atoms with Crippen LogP contribution >= 0.6 is 15.9 Å². The van der Waals surface area contributed by atoms with Crippen molar-refractivity contribution in [3.63, 3.8) is 0 Å². The highest BCUT2D eigenvalue weighted by molar-refractivity contribution is 9.10. The van der Waals surface area contributed by atoms with Crippen LogP contribution in [0, 0.1) is 5.82 Å². The van der Waals surface area contributed by atoms with Crippen LogP contribution in [0.2, 0.25) is 0 Å². The van der Waals surface area contributed by atoms with Crippen molar-refractivity contribution in [1.82, 2.24) is 10.2 Å². The van der Waals surface area contributed by atoms with Crippen molar-refractivity contribution in [3.05, 3.63) is 34.1 Å². The molecule has 0 aliphatic carbocycles. The van der Waals surface area contributed by atoms with Crippen molar-refractivity contribution >= 4 is 21.8 Å². The van der Waals surface area contributed by atoms with Crippen molar-refractivity contribution in [2.24, 2.45) is 0 Å². The fourth-order valence-electron chi connectivity index (χ4n) is 2.44. The van der Waals surface area contributed by atoms with E-state index in [1.54, 1.807) is 17.0 Å². The molecule has 1 atom stereocenters. The molecule has 1 amide bonds. The summed E-state index contributed by atoms with van der Waals surface area (Å²) in [5.41, 5.74) is 0.142. The normalized spacial score (nSPS) is 18.6. The SMILES string of the molecule is CCCN(C(=O)c1c(F)cccc1Br)C1CCNC1. The van der Waals surface area contributed by atoms with Crippen LogP contribution in [0.25, 0.3) is 0 Å². The van der Waals surface area contributed by atoms with E-state index in [1.807, 2.05) is 6.92 Å². The molecule has 1 aliphatic heterocycles. The van der Waals surface area contributed by atoms with Gasteiger partial charge < -0.3 is 10.2 Å². The van der Waals surface area contributed by atoms with Gasteiger partial charge in [0.1, 0.15) is 5.82 Å². The van der Waals surface area contributed by atoms with Gasteiger partial charge in [-0.1, -0.05) is 13.0 Å². The van der Waals surface area contributed by atoms with E-state index >= 15 is 0 Å². The number of nitrogens with one attached hydrogen (secondary N) is 1. The van der Waals surface area contributed by atoms with Gasteiger partial charge in [0.05, 0.1) is 5.56 Å². The zero-order valence-electron chi connectivity index (χ0n) is 11.0. The first-order chi connectivity index (χ1) is 9.15. The minimum absolute atomic E-state index is 0.142. The van der Waals surface area contributed by atoms with Gasteiger partial charge in [0.15, 0.2) is 0 Å². The zero-order valence-corrected chi connectivity index (χ0v) is 12.5. The molecular weight excluding hydrogens is 311 g/mol. The Balaban J connectivity index is 2.28. The Labute approximate surface area is 121 Å². The average molecular weight is 329 g/mol. The van der Waals surface area contributed by atoms with Crippen LogP contribution in [0.1, 0.15) is 30.1 Å². The third kappa shape index (κ3) is 3.15. The zero-order chi connectivity index (χ0) is 13.8. The molecule has 0 spiro atoms. The van der Waals surface area contributed by atoms with Gasteiger partial charge in [-0.15, -0.1) is 0 Å². The Morgan fingerprint density at radius 3 is 2.95 bits per heavy atom. The predicted molar refractivity (Wildman–Crippen MR) is 76.7 cm³/mol. The molecule has 1 aliphatic rings. The fourth-order valence-corrected chi connectivity index (χ4v) is 2.95. The first kappa shape index (κ1) is 14.5. The quantitative estimate of drug-likeness (QED) is 0.921. The fraction of sp³-hybridized carbons (Fsp3) is 0.500. The number of carbonyl (C=O) groups is 1. The van der Waals surface area contributed by atoms with E-state index in [9.17, 15) is 9.18 Å². The van der Waals surface area contributed by atoms with E-state index in [4.69, 9.17) is 0 Å². The number of amides is 1. The van der Waals surface area contributed by atoms with Gasteiger partial charge in [0, 0.05) is 23.6 Å². The van der Waals surface area contributed by atoms with E-state index in [1.165, 1.54) is 6.07 Å². The van der Waals surface area contributed by atoms with E-state index in [0.29, 0.717) is 11.0 Å². The van der Waals surface area contributed by atoms with E-state index in [0.717, 1.165) is 25.9 Å². The second-order valence-corrected chi connectivity index (χ2v) is 5.60. The van der Waals surface area contributed by atoms with Crippen molar-refractivity contribution in [2.45, 2.75) is 25.8 Å². The van der Waals surface area contributed by atoms with Crippen molar-refractivity contribution in [3.8, 4) is 0 Å². The topological polar surface area (TPSA) is 32.3 Å². The molecule has 1 N–H and O–H groups in total. The second-order valence-electron chi connectivity index (χ2n) is 4.74. The first-order valence-electron chi connectivity index (χ1n) is 6.60. The molecule has 5 heteroatoms. The van der Waals surface area contributed by atoms with Crippen LogP contribution in [0.3, 0.4) is 0 Å². The number of nitrogens with zero attached hydrogens (tertiary/aromatic N) is 1. The smallest absolute Gasteiger partial charge is 0.258 e. The summed E-state index contributed by atoms with van der Waals surface area (Å²) in [6.45, 7) is 4.39. The van der Waals surface area contributed by atoms with Crippen LogP contribution in [0.4, 0.5) is 4.39 Å². The molecule has 1 saturated heterocycles. The maximum atomic E-state index is 13.9. The van der Waals surface area contributed by atoms with Gasteiger partial charge in [0.2, 0.25) is 0 Å². The van der Waals surface area contributed by atoms with Crippen molar-refractivity contribution < 1.29 is 9.18 Å². The highest BCUT2D eigenvalue weighted by atomic mass is 79.9. The van der Waals surface area contributed by atoms with Crippen molar-refractivity contribution in [1.29, 1.82) is 0 Å². The average Bonchev–Trinajstić information content (AvgIpc) is 2.89. The lowest BCUT2D eigenvalue weighted by Crippen LogP contribution is -2.42. The minimum atomic E-state index is -0.466. The summed E-state index contributed by atoms with van der Waals surface area (Å²) >= 11 is 3.27. The summed E-state index contributed by atoms with van der Waals surface area (Å²) < 4.78 is 14.4. The van der Waals surface area contributed by atoms with Gasteiger partial charge in [-0.3, -0.25) is 4.79 Å². The molecule has 0 saturated carbocycles. The lowest BCUT2D eigenvalue weighted by molar-refractivity contribution is 0.0686. The Bertz CT molecular complexity index is 441. The molecule has 0 bridgehead atoms. The number of hydrogen-bond acceptors (Lipinski definition) is 2. The third-order valence-electron chi connectivity index (χ3n) is 3.38. The number of rotatable bonds is 4. The standard InChI is InChI=1S/C14H18BrFN2O/c1-2-8-18(10-6-7-17-9-10)14(19)13-11(15)4-3-5-12(13)16/h3-5,10,17H,2,6-9H2,1H3. The Morgan fingerprint density at radius 2 is 2.37 bits per heavy atom. The molecular formula is C14H18BrFN2O. The Morgan fingerprint density at radius 1 is 1.58 bits per heavy atom. The maximum Gasteiger partial charge on any atom is 0.258 e. The second kappa shape index (κ2) is 6.48. The number of hydrogen-bond donors (Lipinski definition) is 1. The number of carbonyl (C=O) groups excluding carboxylic acids is 1. The van der Waals surface area contributed by atoms with Crippen molar-refractivity contribution in [2.75, 3.05) is 19.6 Å². The van der Waals surface area contributed by atoms with Gasteiger partial charge in [-0.05, 0) is 47.4 Å². The molecule has 2 rings (SSSR count). The molecule has 1 unspecified atom stereocenters. The molecule has 0 aromatic heterocycles. The van der Waals surface area contributed by atoms with Gasteiger partial charge in [0.25, 0.3) is 5.91 Å². The van der Waals surface area contributed by atoms with E-state index < -0.39 is 5.82 Å². The third-order valence-corrected chi connectivity index (χ3v) is 4.04. The maximum absolute atomic E-state index is 13.9. The molecule has 104 valence electrons. The summed E-state index contributed by atoms with van der Waals surface area (Å²) in [5, 5.41) is 3.25.